The van der Waals surface area contributed by atoms with Crippen molar-refractivity contribution in [2.75, 3.05) is 46.0 Å². The number of nitrogens with zero attached hydrogens (tertiary/aromatic N) is 2. The van der Waals surface area contributed by atoms with Gasteiger partial charge in [0.25, 0.3) is 11.7 Å². The zero-order valence-electron chi connectivity index (χ0n) is 23.3. The number of amides is 1. The van der Waals surface area contributed by atoms with Crippen molar-refractivity contribution in [3.63, 3.8) is 0 Å². The van der Waals surface area contributed by atoms with Crippen molar-refractivity contribution in [2.24, 2.45) is 0 Å². The number of rotatable bonds is 8. The van der Waals surface area contributed by atoms with Gasteiger partial charge in [0.05, 0.1) is 31.4 Å². The van der Waals surface area contributed by atoms with Crippen molar-refractivity contribution >= 4 is 17.4 Å². The van der Waals surface area contributed by atoms with Crippen LogP contribution in [0.1, 0.15) is 62.4 Å². The fourth-order valence-corrected chi connectivity index (χ4v) is 5.22. The summed E-state index contributed by atoms with van der Waals surface area (Å²) in [4.78, 5) is 30.7. The molecule has 7 nitrogen and oxygen atoms in total. The smallest absolute Gasteiger partial charge is 0.295 e. The van der Waals surface area contributed by atoms with Crippen LogP contribution in [0.15, 0.2) is 48.0 Å². The third kappa shape index (κ3) is 5.94. The maximum atomic E-state index is 13.4. The zero-order chi connectivity index (χ0) is 27.4. The second-order valence-electron chi connectivity index (χ2n) is 11.1. The molecule has 1 amide bonds. The summed E-state index contributed by atoms with van der Waals surface area (Å²) in [6, 6.07) is 12.8. The lowest BCUT2D eigenvalue weighted by Gasteiger charge is -2.29. The standard InChI is InChI=1S/C31H40N2O5/c1-6-38-24-12-13-25(21(2)20-24)28(34)26-27(22-8-10-23(11-9-22)31(3,4)5)33(30(36)29(26)35)15-7-14-32-16-18-37-19-17-32/h8-13,20,27,34H,6-7,14-19H2,1-5H3/t27-/m1/s1. The molecule has 1 N–H and O–H groups in total. The summed E-state index contributed by atoms with van der Waals surface area (Å²) in [5, 5.41) is 11.5. The van der Waals surface area contributed by atoms with Gasteiger partial charge in [-0.15, -0.1) is 0 Å². The van der Waals surface area contributed by atoms with Gasteiger partial charge in [-0.25, -0.2) is 0 Å². The van der Waals surface area contributed by atoms with Gasteiger partial charge in [0.2, 0.25) is 0 Å². The number of morpholine rings is 1. The van der Waals surface area contributed by atoms with Gasteiger partial charge in [0.1, 0.15) is 11.5 Å². The molecule has 0 aliphatic carbocycles. The molecule has 2 saturated heterocycles. The molecule has 2 aromatic rings. The van der Waals surface area contributed by atoms with Crippen LogP contribution in [0.4, 0.5) is 0 Å². The average Bonchev–Trinajstić information content (AvgIpc) is 3.14. The summed E-state index contributed by atoms with van der Waals surface area (Å²) < 4.78 is 11.0. The highest BCUT2D eigenvalue weighted by Gasteiger charge is 2.46. The molecule has 0 unspecified atom stereocenters. The van der Waals surface area contributed by atoms with E-state index >= 15 is 0 Å². The number of Topliss-reactive ketones (excluding diaryl/α,β-unsaturated/α-hetero) is 1. The van der Waals surface area contributed by atoms with Crippen molar-refractivity contribution in [2.45, 2.75) is 52.5 Å². The van der Waals surface area contributed by atoms with E-state index in [2.05, 4.69) is 25.7 Å². The van der Waals surface area contributed by atoms with Gasteiger partial charge in [-0.2, -0.15) is 0 Å². The highest BCUT2D eigenvalue weighted by molar-refractivity contribution is 6.46. The molecule has 7 heteroatoms. The van der Waals surface area contributed by atoms with E-state index in [1.807, 2.05) is 44.2 Å². The Morgan fingerprint density at radius 1 is 1.05 bits per heavy atom. The highest BCUT2D eigenvalue weighted by atomic mass is 16.5. The molecular weight excluding hydrogens is 480 g/mol. The van der Waals surface area contributed by atoms with E-state index < -0.39 is 17.7 Å². The molecule has 2 aliphatic heterocycles. The summed E-state index contributed by atoms with van der Waals surface area (Å²) in [5.41, 5.74) is 3.38. The van der Waals surface area contributed by atoms with E-state index in [4.69, 9.17) is 9.47 Å². The summed E-state index contributed by atoms with van der Waals surface area (Å²) in [6.45, 7) is 15.2. The molecular formula is C31H40N2O5. The van der Waals surface area contributed by atoms with E-state index in [0.717, 1.165) is 42.7 Å². The minimum absolute atomic E-state index is 0.0298. The van der Waals surface area contributed by atoms with Gasteiger partial charge in [-0.1, -0.05) is 45.0 Å². The van der Waals surface area contributed by atoms with E-state index in [1.165, 1.54) is 0 Å². The van der Waals surface area contributed by atoms with Gasteiger partial charge in [-0.05, 0) is 60.6 Å². The van der Waals surface area contributed by atoms with Crippen molar-refractivity contribution in [1.29, 1.82) is 0 Å². The van der Waals surface area contributed by atoms with Gasteiger partial charge in [0.15, 0.2) is 0 Å². The van der Waals surface area contributed by atoms with Crippen LogP contribution in [0.5, 0.6) is 5.75 Å². The molecule has 2 aliphatic rings. The van der Waals surface area contributed by atoms with Gasteiger partial charge in [-0.3, -0.25) is 14.5 Å². The Labute approximate surface area is 226 Å². The second kappa shape index (κ2) is 11.7. The number of carbonyl (C=O) groups excluding carboxylic acids is 2. The maximum Gasteiger partial charge on any atom is 0.295 e. The number of benzene rings is 2. The van der Waals surface area contributed by atoms with Gasteiger partial charge >= 0.3 is 0 Å². The lowest BCUT2D eigenvalue weighted by atomic mass is 9.85. The molecule has 0 aromatic heterocycles. The number of ketones is 1. The molecule has 204 valence electrons. The normalized spacial score (nSPS) is 20.2. The van der Waals surface area contributed by atoms with Crippen LogP contribution in [-0.2, 0) is 19.7 Å². The summed E-state index contributed by atoms with van der Waals surface area (Å²) >= 11 is 0. The lowest BCUT2D eigenvalue weighted by Crippen LogP contribution is -2.39. The van der Waals surface area contributed by atoms with Crippen LogP contribution < -0.4 is 4.74 Å². The molecule has 0 spiro atoms. The van der Waals surface area contributed by atoms with Gasteiger partial charge in [0, 0.05) is 31.7 Å². The molecule has 2 heterocycles. The first-order valence-electron chi connectivity index (χ1n) is 13.5. The zero-order valence-corrected chi connectivity index (χ0v) is 23.3. The topological polar surface area (TPSA) is 79.3 Å². The Kier molecular flexibility index (Phi) is 8.58. The van der Waals surface area contributed by atoms with Gasteiger partial charge < -0.3 is 19.5 Å². The van der Waals surface area contributed by atoms with E-state index in [9.17, 15) is 14.7 Å². The number of ether oxygens (including phenoxy) is 2. The number of carbonyl (C=O) groups is 2. The number of aliphatic hydroxyl groups excluding tert-OH is 1. The summed E-state index contributed by atoms with van der Waals surface area (Å²) in [7, 11) is 0. The first kappa shape index (κ1) is 27.9. The summed E-state index contributed by atoms with van der Waals surface area (Å²) in [5.74, 6) is -0.669. The Balaban J connectivity index is 1.71. The number of hydrogen-bond acceptors (Lipinski definition) is 6. The number of likely N-dealkylation sites (tertiary alicyclic amines) is 1. The maximum absolute atomic E-state index is 13.4. The molecule has 38 heavy (non-hydrogen) atoms. The fourth-order valence-electron chi connectivity index (χ4n) is 5.22. The Bertz CT molecular complexity index is 1190. The van der Waals surface area contributed by atoms with Crippen molar-refractivity contribution < 1.29 is 24.2 Å². The highest BCUT2D eigenvalue weighted by Crippen LogP contribution is 2.40. The number of aryl methyl sites for hydroxylation is 1. The Hall–Kier alpha value is -3.16. The first-order chi connectivity index (χ1) is 18.1. The molecule has 0 bridgehead atoms. The molecule has 1 atom stereocenters. The average molecular weight is 521 g/mol. The number of aliphatic hydroxyl groups is 1. The van der Waals surface area contributed by atoms with E-state index in [-0.39, 0.29) is 16.7 Å². The van der Waals surface area contributed by atoms with E-state index in [0.29, 0.717) is 37.7 Å². The second-order valence-corrected chi connectivity index (χ2v) is 11.1. The quantitative estimate of drug-likeness (QED) is 0.305. The van der Waals surface area contributed by atoms with Crippen LogP contribution in [0.25, 0.3) is 5.76 Å². The monoisotopic (exact) mass is 520 g/mol. The molecule has 0 radical (unpaired) electrons. The predicted molar refractivity (Wildman–Crippen MR) is 148 cm³/mol. The predicted octanol–water partition coefficient (Wildman–Crippen LogP) is 4.84. The summed E-state index contributed by atoms with van der Waals surface area (Å²) in [6.07, 6.45) is 0.728. The molecule has 4 rings (SSSR count). The first-order valence-corrected chi connectivity index (χ1v) is 13.5. The largest absolute Gasteiger partial charge is 0.507 e. The SMILES string of the molecule is CCOc1ccc(C(O)=C2C(=O)C(=O)N(CCCN3CCOCC3)[C@@H]2c2ccc(C(C)(C)C)cc2)c(C)c1. The van der Waals surface area contributed by atoms with Crippen LogP contribution >= 0.6 is 0 Å². The molecule has 2 fully saturated rings. The Morgan fingerprint density at radius 2 is 1.74 bits per heavy atom. The third-order valence-electron chi connectivity index (χ3n) is 7.37. The van der Waals surface area contributed by atoms with Crippen LogP contribution in [0.3, 0.4) is 0 Å². The minimum atomic E-state index is -0.653. The van der Waals surface area contributed by atoms with E-state index in [1.54, 1.807) is 17.0 Å². The molecule has 2 aromatic carbocycles. The third-order valence-corrected chi connectivity index (χ3v) is 7.37. The van der Waals surface area contributed by atoms with Crippen molar-refractivity contribution in [1.82, 2.24) is 9.80 Å². The van der Waals surface area contributed by atoms with Crippen LogP contribution in [0, 0.1) is 6.92 Å². The van der Waals surface area contributed by atoms with Crippen LogP contribution in [0.2, 0.25) is 0 Å². The molecule has 0 saturated carbocycles. The number of hydrogen-bond donors (Lipinski definition) is 1. The van der Waals surface area contributed by atoms with Crippen molar-refractivity contribution in [3.05, 3.63) is 70.3 Å². The fraction of sp³-hybridized carbons (Fsp3) is 0.484. The van der Waals surface area contributed by atoms with Crippen LogP contribution in [-0.4, -0.2) is 72.6 Å². The van der Waals surface area contributed by atoms with Crippen molar-refractivity contribution in [3.8, 4) is 5.75 Å². The minimum Gasteiger partial charge on any atom is -0.507 e. The lowest BCUT2D eigenvalue weighted by molar-refractivity contribution is -0.140. The Morgan fingerprint density at radius 3 is 2.34 bits per heavy atom.